The van der Waals surface area contributed by atoms with Crippen LogP contribution in [0.1, 0.15) is 17.0 Å². The number of nitrogens with zero attached hydrogens (tertiary/aromatic N) is 1. The van der Waals surface area contributed by atoms with Crippen LogP contribution in [-0.2, 0) is 6.54 Å². The summed E-state index contributed by atoms with van der Waals surface area (Å²) in [6.45, 7) is 2.35. The van der Waals surface area contributed by atoms with E-state index in [1.54, 1.807) is 0 Å². The number of hydrogen-bond acceptors (Lipinski definition) is 2. The van der Waals surface area contributed by atoms with Crippen molar-refractivity contribution >= 4 is 17.7 Å². The molecule has 1 amide bonds. The number of amides is 1. The van der Waals surface area contributed by atoms with Gasteiger partial charge in [-0.25, -0.2) is 4.79 Å². The monoisotopic (exact) mass is 330 g/mol. The molecule has 4 nitrogen and oxygen atoms in total. The van der Waals surface area contributed by atoms with Crippen molar-refractivity contribution in [3.05, 3.63) is 70.7 Å². The van der Waals surface area contributed by atoms with Crippen molar-refractivity contribution in [3.63, 3.8) is 0 Å². The molecular formula is C18H19ClN2O2. The van der Waals surface area contributed by atoms with Gasteiger partial charge in [-0.1, -0.05) is 54.1 Å². The fourth-order valence-corrected chi connectivity index (χ4v) is 3.33. The Morgan fingerprint density at radius 2 is 1.83 bits per heavy atom. The third-order valence-corrected chi connectivity index (χ3v) is 4.50. The molecule has 2 N–H and O–H groups in total. The fourth-order valence-electron chi connectivity index (χ4n) is 3.21. The molecule has 0 radical (unpaired) electrons. The summed E-state index contributed by atoms with van der Waals surface area (Å²) in [6, 6.07) is 17.8. The molecule has 0 bridgehead atoms. The molecule has 1 heterocycles. The van der Waals surface area contributed by atoms with Gasteiger partial charge in [0, 0.05) is 30.6 Å². The molecule has 1 aliphatic heterocycles. The lowest BCUT2D eigenvalue weighted by molar-refractivity contribution is 0.188. The lowest BCUT2D eigenvalue weighted by Crippen LogP contribution is -2.38. The summed E-state index contributed by atoms with van der Waals surface area (Å²) in [7, 11) is 0. The number of likely N-dealkylation sites (tertiary alicyclic amines) is 1. The Morgan fingerprint density at radius 1 is 1.13 bits per heavy atom. The average molecular weight is 331 g/mol. The summed E-state index contributed by atoms with van der Waals surface area (Å²) >= 11 is 5.95. The Kier molecular flexibility index (Phi) is 4.84. The zero-order valence-corrected chi connectivity index (χ0v) is 13.4. The van der Waals surface area contributed by atoms with Crippen LogP contribution in [0.15, 0.2) is 54.6 Å². The zero-order valence-electron chi connectivity index (χ0n) is 12.7. The molecule has 0 aliphatic carbocycles. The number of carboxylic acid groups (broad SMARTS) is 1. The first kappa shape index (κ1) is 15.8. The van der Waals surface area contributed by atoms with Crippen molar-refractivity contribution in [2.75, 3.05) is 13.1 Å². The second-order valence-electron chi connectivity index (χ2n) is 5.89. The number of halogens is 1. The summed E-state index contributed by atoms with van der Waals surface area (Å²) in [6.07, 6.45) is -0.976. The predicted octanol–water partition coefficient (Wildman–Crippen LogP) is 3.58. The van der Waals surface area contributed by atoms with Gasteiger partial charge in [0.1, 0.15) is 0 Å². The fraction of sp³-hybridized carbons (Fsp3) is 0.278. The van der Waals surface area contributed by atoms with E-state index in [4.69, 9.17) is 16.7 Å². The Morgan fingerprint density at radius 3 is 2.48 bits per heavy atom. The van der Waals surface area contributed by atoms with Gasteiger partial charge in [-0.3, -0.25) is 4.90 Å². The van der Waals surface area contributed by atoms with E-state index in [2.05, 4.69) is 22.3 Å². The van der Waals surface area contributed by atoms with Gasteiger partial charge in [-0.05, 0) is 23.3 Å². The van der Waals surface area contributed by atoms with Gasteiger partial charge in [0.15, 0.2) is 0 Å². The second-order valence-corrected chi connectivity index (χ2v) is 6.33. The number of nitrogens with one attached hydrogen (secondary N) is 1. The molecule has 5 heteroatoms. The minimum atomic E-state index is -0.976. The minimum absolute atomic E-state index is 0.114. The van der Waals surface area contributed by atoms with Crippen molar-refractivity contribution in [3.8, 4) is 0 Å². The molecule has 1 fully saturated rings. The predicted molar refractivity (Wildman–Crippen MR) is 90.9 cm³/mol. The van der Waals surface area contributed by atoms with Gasteiger partial charge < -0.3 is 10.4 Å². The van der Waals surface area contributed by atoms with Gasteiger partial charge in [-0.15, -0.1) is 0 Å². The van der Waals surface area contributed by atoms with Crippen molar-refractivity contribution in [2.45, 2.75) is 18.5 Å². The third-order valence-electron chi connectivity index (χ3n) is 4.25. The zero-order chi connectivity index (χ0) is 16.2. The van der Waals surface area contributed by atoms with Gasteiger partial charge in [0.25, 0.3) is 0 Å². The molecule has 0 spiro atoms. The summed E-state index contributed by atoms with van der Waals surface area (Å²) in [5.41, 5.74) is 2.35. The normalized spacial score (nSPS) is 21.3. The van der Waals surface area contributed by atoms with E-state index in [-0.39, 0.29) is 12.0 Å². The Bertz CT molecular complexity index is 660. The molecule has 0 aromatic heterocycles. The van der Waals surface area contributed by atoms with Crippen molar-refractivity contribution in [2.24, 2.45) is 0 Å². The van der Waals surface area contributed by atoms with Crippen molar-refractivity contribution < 1.29 is 9.90 Å². The Labute approximate surface area is 140 Å². The lowest BCUT2D eigenvalue weighted by Gasteiger charge is -2.18. The smallest absolute Gasteiger partial charge is 0.404 e. The average Bonchev–Trinajstić information content (AvgIpc) is 2.90. The standard InChI is InChI=1S/C18H19ClN2O2/c19-15-8-6-14(7-9-15)16-11-21(12-17(16)20-18(22)23)10-13-4-2-1-3-5-13/h1-9,16-17,20H,10-12H2,(H,22,23)/t16-,17+/m0/s1. The first-order valence-corrected chi connectivity index (χ1v) is 8.01. The molecule has 2 atom stereocenters. The van der Waals surface area contributed by atoms with E-state index in [0.717, 1.165) is 18.7 Å². The van der Waals surface area contributed by atoms with E-state index in [9.17, 15) is 4.79 Å². The maximum Gasteiger partial charge on any atom is 0.404 e. The van der Waals surface area contributed by atoms with Crippen LogP contribution < -0.4 is 5.32 Å². The number of rotatable bonds is 4. The summed E-state index contributed by atoms with van der Waals surface area (Å²) in [5.74, 6) is 0.132. The van der Waals surface area contributed by atoms with Gasteiger partial charge >= 0.3 is 6.09 Å². The lowest BCUT2D eigenvalue weighted by atomic mass is 9.94. The summed E-state index contributed by atoms with van der Waals surface area (Å²) < 4.78 is 0. The van der Waals surface area contributed by atoms with Crippen LogP contribution in [0.3, 0.4) is 0 Å². The molecule has 3 rings (SSSR count). The molecule has 2 aromatic rings. The molecule has 0 saturated carbocycles. The van der Waals surface area contributed by atoms with Gasteiger partial charge in [0.2, 0.25) is 0 Å². The SMILES string of the molecule is O=C(O)N[C@@H]1CN(Cc2ccccc2)C[C@H]1c1ccc(Cl)cc1. The van der Waals surface area contributed by atoms with E-state index in [0.29, 0.717) is 11.6 Å². The third kappa shape index (κ3) is 4.03. The number of benzene rings is 2. The Hall–Kier alpha value is -2.04. The van der Waals surface area contributed by atoms with Crippen LogP contribution in [0, 0.1) is 0 Å². The van der Waals surface area contributed by atoms with Crippen LogP contribution in [-0.4, -0.2) is 35.2 Å². The highest BCUT2D eigenvalue weighted by atomic mass is 35.5. The molecule has 120 valence electrons. The first-order valence-electron chi connectivity index (χ1n) is 7.63. The van der Waals surface area contributed by atoms with Crippen LogP contribution in [0.5, 0.6) is 0 Å². The van der Waals surface area contributed by atoms with Crippen LogP contribution in [0.25, 0.3) is 0 Å². The molecule has 1 aliphatic rings. The second kappa shape index (κ2) is 7.02. The summed E-state index contributed by atoms with van der Waals surface area (Å²) in [4.78, 5) is 13.4. The van der Waals surface area contributed by atoms with E-state index in [1.165, 1.54) is 5.56 Å². The van der Waals surface area contributed by atoms with Crippen molar-refractivity contribution in [1.82, 2.24) is 10.2 Å². The largest absolute Gasteiger partial charge is 0.465 e. The summed E-state index contributed by atoms with van der Waals surface area (Å²) in [5, 5.41) is 12.5. The van der Waals surface area contributed by atoms with Crippen LogP contribution in [0.2, 0.25) is 5.02 Å². The topological polar surface area (TPSA) is 52.6 Å². The quantitative estimate of drug-likeness (QED) is 0.901. The van der Waals surface area contributed by atoms with Gasteiger partial charge in [-0.2, -0.15) is 0 Å². The van der Waals surface area contributed by atoms with Crippen LogP contribution >= 0.6 is 11.6 Å². The molecular weight excluding hydrogens is 312 g/mol. The highest BCUT2D eigenvalue weighted by molar-refractivity contribution is 6.30. The maximum atomic E-state index is 11.1. The van der Waals surface area contributed by atoms with Crippen molar-refractivity contribution in [1.29, 1.82) is 0 Å². The highest BCUT2D eigenvalue weighted by Crippen LogP contribution is 2.29. The number of carbonyl (C=O) groups is 1. The minimum Gasteiger partial charge on any atom is -0.465 e. The first-order chi connectivity index (χ1) is 11.1. The van der Waals surface area contributed by atoms with E-state index in [1.807, 2.05) is 42.5 Å². The van der Waals surface area contributed by atoms with Gasteiger partial charge in [0.05, 0.1) is 6.04 Å². The highest BCUT2D eigenvalue weighted by Gasteiger charge is 2.34. The van der Waals surface area contributed by atoms with E-state index < -0.39 is 6.09 Å². The van der Waals surface area contributed by atoms with E-state index >= 15 is 0 Å². The van der Waals surface area contributed by atoms with Crippen LogP contribution in [0.4, 0.5) is 4.79 Å². The molecule has 1 saturated heterocycles. The molecule has 2 aromatic carbocycles. The molecule has 0 unspecified atom stereocenters. The molecule has 23 heavy (non-hydrogen) atoms. The Balaban J connectivity index is 1.76. The number of hydrogen-bond donors (Lipinski definition) is 2. The maximum absolute atomic E-state index is 11.1.